The third-order valence-corrected chi connectivity index (χ3v) is 7.52. The lowest BCUT2D eigenvalue weighted by molar-refractivity contribution is -0.118. The van der Waals surface area contributed by atoms with Gasteiger partial charge < -0.3 is 10.1 Å². The van der Waals surface area contributed by atoms with Crippen molar-refractivity contribution in [2.75, 3.05) is 11.1 Å². The quantitative estimate of drug-likeness (QED) is 0.392. The minimum absolute atomic E-state index is 0.100. The molecule has 2 aliphatic rings. The van der Waals surface area contributed by atoms with E-state index in [1.165, 1.54) is 5.56 Å². The monoisotopic (exact) mass is 488 g/mol. The fourth-order valence-corrected chi connectivity index (χ4v) is 5.50. The molecule has 1 aromatic heterocycles. The zero-order chi connectivity index (χ0) is 24.6. The van der Waals surface area contributed by atoms with E-state index in [9.17, 15) is 4.79 Å². The number of ether oxygens (including phenoxy) is 1. The third-order valence-electron chi connectivity index (χ3n) is 6.48. The van der Waals surface area contributed by atoms with Crippen LogP contribution in [-0.4, -0.2) is 26.3 Å². The van der Waals surface area contributed by atoms with Crippen molar-refractivity contribution >= 4 is 23.5 Å². The van der Waals surface area contributed by atoms with Crippen molar-refractivity contribution in [2.45, 2.75) is 64.8 Å². The number of Topliss-reactive ketones (excluding diaryl/α,β-unsaturated/α-hetero) is 1. The molecule has 2 aromatic carbocycles. The van der Waals surface area contributed by atoms with Crippen molar-refractivity contribution in [3.05, 3.63) is 76.5 Å². The van der Waals surface area contributed by atoms with Gasteiger partial charge in [0.15, 0.2) is 5.78 Å². The summed E-state index contributed by atoms with van der Waals surface area (Å²) in [6.45, 7) is 8.97. The van der Waals surface area contributed by atoms with Gasteiger partial charge in [0, 0.05) is 29.0 Å². The van der Waals surface area contributed by atoms with E-state index in [4.69, 9.17) is 14.8 Å². The predicted octanol–water partition coefficient (Wildman–Crippen LogP) is 6.33. The lowest BCUT2D eigenvalue weighted by Crippen LogP contribution is -2.36. The number of carbonyl (C=O) groups excluding carboxylic acids is 1. The maximum absolute atomic E-state index is 13.5. The molecule has 0 saturated carbocycles. The second-order valence-corrected chi connectivity index (χ2v) is 11.2. The van der Waals surface area contributed by atoms with Crippen LogP contribution < -0.4 is 10.1 Å². The van der Waals surface area contributed by atoms with E-state index in [1.807, 2.05) is 28.9 Å². The van der Waals surface area contributed by atoms with E-state index in [0.717, 1.165) is 51.9 Å². The molecule has 0 radical (unpaired) electrons. The van der Waals surface area contributed by atoms with Crippen LogP contribution in [0.4, 0.5) is 5.95 Å². The Morgan fingerprint density at radius 3 is 2.69 bits per heavy atom. The maximum Gasteiger partial charge on any atom is 0.227 e. The van der Waals surface area contributed by atoms with Crippen LogP contribution in [0.15, 0.2) is 65.0 Å². The average Bonchev–Trinajstić information content (AvgIpc) is 3.23. The first-order valence-corrected chi connectivity index (χ1v) is 13.2. The predicted molar refractivity (Wildman–Crippen MR) is 140 cm³/mol. The molecule has 0 fully saturated rings. The number of benzene rings is 2. The van der Waals surface area contributed by atoms with Crippen LogP contribution in [-0.2, 0) is 11.4 Å². The van der Waals surface area contributed by atoms with Crippen molar-refractivity contribution in [1.29, 1.82) is 0 Å². The molecule has 0 amide bonds. The summed E-state index contributed by atoms with van der Waals surface area (Å²) in [5.74, 6) is 2.55. The molecule has 1 atom stereocenters. The molecule has 3 aromatic rings. The lowest BCUT2D eigenvalue weighted by atomic mass is 9.73. The normalized spacial score (nSPS) is 18.6. The summed E-state index contributed by atoms with van der Waals surface area (Å²) >= 11 is 1.64. The minimum Gasteiger partial charge on any atom is -0.489 e. The summed E-state index contributed by atoms with van der Waals surface area (Å²) < 4.78 is 8.21. The highest BCUT2D eigenvalue weighted by Crippen LogP contribution is 2.47. The number of allylic oxidation sites excluding steroid dienone is 2. The number of aromatic nitrogens is 3. The Labute approximate surface area is 211 Å². The van der Waals surface area contributed by atoms with Gasteiger partial charge in [0.25, 0.3) is 0 Å². The standard InChI is InChI=1S/C28H32N4O2S/c1-5-14-35-27-30-26-29-21-15-28(3,4)16-22(33)24(21)25(32(26)31-27)20-8-6-7-9-23(20)34-17-19-12-10-18(2)11-13-19/h6-13,25H,5,14-17H2,1-4H3,(H,29,30,31). The van der Waals surface area contributed by atoms with Crippen molar-refractivity contribution in [3.8, 4) is 5.75 Å². The highest BCUT2D eigenvalue weighted by atomic mass is 32.2. The molecule has 0 spiro atoms. The van der Waals surface area contributed by atoms with E-state index in [2.05, 4.69) is 57.3 Å². The van der Waals surface area contributed by atoms with Crippen LogP contribution in [0.5, 0.6) is 5.75 Å². The topological polar surface area (TPSA) is 69.0 Å². The fourth-order valence-electron chi connectivity index (χ4n) is 4.81. The smallest absolute Gasteiger partial charge is 0.227 e. The second-order valence-electron chi connectivity index (χ2n) is 10.2. The zero-order valence-corrected chi connectivity index (χ0v) is 21.6. The highest BCUT2D eigenvalue weighted by Gasteiger charge is 2.42. The Morgan fingerprint density at radius 1 is 1.14 bits per heavy atom. The molecule has 2 heterocycles. The molecule has 6 nitrogen and oxygen atoms in total. The number of ketones is 1. The highest BCUT2D eigenvalue weighted by molar-refractivity contribution is 7.99. The average molecular weight is 489 g/mol. The molecule has 1 aliphatic carbocycles. The van der Waals surface area contributed by atoms with Gasteiger partial charge >= 0.3 is 0 Å². The van der Waals surface area contributed by atoms with Crippen LogP contribution in [0, 0.1) is 12.3 Å². The van der Waals surface area contributed by atoms with Gasteiger partial charge in [-0.25, -0.2) is 4.68 Å². The van der Waals surface area contributed by atoms with Crippen LogP contribution in [0.2, 0.25) is 0 Å². The SMILES string of the molecule is CCCSc1nc2n(n1)C(c1ccccc1OCc1ccc(C)cc1)C1=C(CC(C)(C)CC1=O)N2. The molecule has 5 rings (SSSR count). The summed E-state index contributed by atoms with van der Waals surface area (Å²) in [6, 6.07) is 16.0. The van der Waals surface area contributed by atoms with Gasteiger partial charge in [-0.15, -0.1) is 5.10 Å². The summed E-state index contributed by atoms with van der Waals surface area (Å²) in [4.78, 5) is 18.3. The van der Waals surface area contributed by atoms with Gasteiger partial charge in [0.1, 0.15) is 18.4 Å². The minimum atomic E-state index is -0.373. The fraction of sp³-hybridized carbons (Fsp3) is 0.393. The van der Waals surface area contributed by atoms with Crippen LogP contribution in [0.3, 0.4) is 0 Å². The summed E-state index contributed by atoms with van der Waals surface area (Å²) in [5, 5.41) is 9.03. The molecule has 1 N–H and O–H groups in total. The number of nitrogens with zero attached hydrogens (tertiary/aromatic N) is 3. The molecule has 1 unspecified atom stereocenters. The van der Waals surface area contributed by atoms with Gasteiger partial charge in [-0.1, -0.05) is 80.6 Å². The molecule has 7 heteroatoms. The van der Waals surface area contributed by atoms with Gasteiger partial charge in [-0.3, -0.25) is 4.79 Å². The number of anilines is 1. The summed E-state index contributed by atoms with van der Waals surface area (Å²) in [7, 11) is 0. The Morgan fingerprint density at radius 2 is 1.91 bits per heavy atom. The Bertz CT molecular complexity index is 1280. The van der Waals surface area contributed by atoms with Crippen molar-refractivity contribution < 1.29 is 9.53 Å². The first-order chi connectivity index (χ1) is 16.8. The first kappa shape index (κ1) is 23.7. The van der Waals surface area contributed by atoms with Crippen LogP contribution in [0.1, 0.15) is 62.8 Å². The number of rotatable bonds is 7. The van der Waals surface area contributed by atoms with Crippen molar-refractivity contribution in [3.63, 3.8) is 0 Å². The third kappa shape index (κ3) is 4.87. The van der Waals surface area contributed by atoms with E-state index in [-0.39, 0.29) is 17.2 Å². The number of nitrogens with one attached hydrogen (secondary N) is 1. The Kier molecular flexibility index (Phi) is 6.45. The molecular weight excluding hydrogens is 456 g/mol. The summed E-state index contributed by atoms with van der Waals surface area (Å²) in [5.41, 5.74) is 4.89. The Hall–Kier alpha value is -3.06. The van der Waals surface area contributed by atoms with Crippen LogP contribution in [0.25, 0.3) is 0 Å². The van der Waals surface area contributed by atoms with E-state index < -0.39 is 0 Å². The van der Waals surface area contributed by atoms with E-state index in [0.29, 0.717) is 19.0 Å². The summed E-state index contributed by atoms with van der Waals surface area (Å²) in [6.07, 6.45) is 2.35. The molecule has 182 valence electrons. The molecular formula is C28H32N4O2S. The number of thioether (sulfide) groups is 1. The first-order valence-electron chi connectivity index (χ1n) is 12.2. The van der Waals surface area contributed by atoms with Crippen molar-refractivity contribution in [2.24, 2.45) is 5.41 Å². The van der Waals surface area contributed by atoms with E-state index >= 15 is 0 Å². The number of carbonyl (C=O) groups is 1. The largest absolute Gasteiger partial charge is 0.489 e. The number of para-hydroxylation sites is 1. The molecule has 35 heavy (non-hydrogen) atoms. The van der Waals surface area contributed by atoms with Crippen molar-refractivity contribution in [1.82, 2.24) is 14.8 Å². The Balaban J connectivity index is 1.56. The number of hydrogen-bond acceptors (Lipinski definition) is 6. The number of fused-ring (bicyclic) bond motifs is 1. The molecule has 1 aliphatic heterocycles. The van der Waals surface area contributed by atoms with Gasteiger partial charge in [-0.2, -0.15) is 4.98 Å². The number of aryl methyl sites for hydroxylation is 1. The van der Waals surface area contributed by atoms with E-state index in [1.54, 1.807) is 11.8 Å². The maximum atomic E-state index is 13.5. The zero-order valence-electron chi connectivity index (χ0n) is 20.8. The van der Waals surface area contributed by atoms with Gasteiger partial charge in [-0.05, 0) is 36.8 Å². The number of hydrogen-bond donors (Lipinski definition) is 1. The second kappa shape index (κ2) is 9.53. The van der Waals surface area contributed by atoms with Crippen LogP contribution >= 0.6 is 11.8 Å². The van der Waals surface area contributed by atoms with Gasteiger partial charge in [0.05, 0.1) is 0 Å². The molecule has 0 bridgehead atoms. The lowest BCUT2D eigenvalue weighted by Gasteiger charge is -2.38. The van der Waals surface area contributed by atoms with Gasteiger partial charge in [0.2, 0.25) is 11.1 Å². The molecule has 0 saturated heterocycles.